The van der Waals surface area contributed by atoms with Gasteiger partial charge in [-0.05, 0) is 0 Å². The molecule has 92 valence electrons. The predicted molar refractivity (Wildman–Crippen MR) is 65.0 cm³/mol. The maximum Gasteiger partial charge on any atom is 0.231 e. The summed E-state index contributed by atoms with van der Waals surface area (Å²) in [5, 5.41) is 3.99. The van der Waals surface area contributed by atoms with Crippen LogP contribution in [0.25, 0.3) is 0 Å². The van der Waals surface area contributed by atoms with Crippen molar-refractivity contribution in [2.75, 3.05) is 31.9 Å². The molecule has 0 atom stereocenters. The molecule has 2 aliphatic rings. The van der Waals surface area contributed by atoms with Crippen LogP contribution in [0.2, 0.25) is 5.02 Å². The highest BCUT2D eigenvalue weighted by Gasteiger charge is 2.33. The molecule has 1 N–H and O–H groups in total. The van der Waals surface area contributed by atoms with Crippen LogP contribution in [0.3, 0.4) is 0 Å². The van der Waals surface area contributed by atoms with Gasteiger partial charge < -0.3 is 19.5 Å². The van der Waals surface area contributed by atoms with Gasteiger partial charge in [-0.3, -0.25) is 0 Å². The van der Waals surface area contributed by atoms with Crippen LogP contribution >= 0.6 is 11.6 Å². The lowest BCUT2D eigenvalue weighted by Crippen LogP contribution is -2.45. The number of rotatable bonds is 3. The molecule has 2 heterocycles. The van der Waals surface area contributed by atoms with Crippen LogP contribution in [-0.4, -0.2) is 26.6 Å². The molecule has 0 radical (unpaired) electrons. The van der Waals surface area contributed by atoms with Crippen molar-refractivity contribution in [2.24, 2.45) is 5.41 Å². The first-order valence-corrected chi connectivity index (χ1v) is 5.95. The van der Waals surface area contributed by atoms with Gasteiger partial charge in [0.05, 0.1) is 23.9 Å². The summed E-state index contributed by atoms with van der Waals surface area (Å²) in [6, 6.07) is 3.67. The van der Waals surface area contributed by atoms with Gasteiger partial charge in [-0.15, -0.1) is 0 Å². The van der Waals surface area contributed by atoms with E-state index in [4.69, 9.17) is 25.8 Å². The minimum Gasteiger partial charge on any atom is -0.454 e. The number of ether oxygens (including phenoxy) is 3. The number of fused-ring (bicyclic) bond motifs is 1. The second-order valence-electron chi connectivity index (χ2n) is 4.84. The molecule has 0 unspecified atom stereocenters. The zero-order chi connectivity index (χ0) is 11.9. The molecular weight excluding hydrogens is 242 g/mol. The van der Waals surface area contributed by atoms with Gasteiger partial charge in [-0.25, -0.2) is 0 Å². The van der Waals surface area contributed by atoms with E-state index < -0.39 is 0 Å². The fraction of sp³-hybridized carbons (Fsp3) is 0.500. The lowest BCUT2D eigenvalue weighted by molar-refractivity contribution is -0.0924. The number of benzene rings is 1. The van der Waals surface area contributed by atoms with E-state index in [1.54, 1.807) is 6.07 Å². The third kappa shape index (κ3) is 2.03. The topological polar surface area (TPSA) is 39.7 Å². The molecule has 0 saturated carbocycles. The highest BCUT2D eigenvalue weighted by molar-refractivity contribution is 6.33. The van der Waals surface area contributed by atoms with Crippen molar-refractivity contribution in [3.8, 4) is 11.5 Å². The monoisotopic (exact) mass is 255 g/mol. The molecule has 0 aliphatic carbocycles. The summed E-state index contributed by atoms with van der Waals surface area (Å²) in [7, 11) is 0. The van der Waals surface area contributed by atoms with E-state index in [0.29, 0.717) is 10.8 Å². The van der Waals surface area contributed by atoms with Crippen LogP contribution in [0.4, 0.5) is 5.69 Å². The Bertz CT molecular complexity index is 446. The number of hydrogen-bond acceptors (Lipinski definition) is 4. The molecular formula is C12H14ClNO3. The smallest absolute Gasteiger partial charge is 0.231 e. The summed E-state index contributed by atoms with van der Waals surface area (Å²) in [5.74, 6) is 1.45. The molecule has 3 rings (SSSR count). The fourth-order valence-electron chi connectivity index (χ4n) is 1.91. The fourth-order valence-corrected chi connectivity index (χ4v) is 2.13. The summed E-state index contributed by atoms with van der Waals surface area (Å²) in [4.78, 5) is 0. The standard InChI is InChI=1S/C12H14ClNO3/c1-12(5-15-6-12)4-14-9-3-11-10(2-8(9)13)16-7-17-11/h2-3,14H,4-7H2,1H3. The molecule has 0 aromatic heterocycles. The average molecular weight is 256 g/mol. The molecule has 1 aromatic rings. The Labute approximate surface area is 105 Å². The summed E-state index contributed by atoms with van der Waals surface area (Å²) < 4.78 is 15.8. The average Bonchev–Trinajstić information content (AvgIpc) is 2.70. The van der Waals surface area contributed by atoms with Gasteiger partial charge in [0.2, 0.25) is 6.79 Å². The lowest BCUT2D eigenvalue weighted by Gasteiger charge is -2.38. The van der Waals surface area contributed by atoms with E-state index in [2.05, 4.69) is 12.2 Å². The second-order valence-corrected chi connectivity index (χ2v) is 5.25. The minimum atomic E-state index is 0.208. The predicted octanol–water partition coefficient (Wildman–Crippen LogP) is 2.52. The number of halogens is 1. The maximum absolute atomic E-state index is 6.17. The van der Waals surface area contributed by atoms with Crippen molar-refractivity contribution in [3.63, 3.8) is 0 Å². The lowest BCUT2D eigenvalue weighted by atomic mass is 9.89. The van der Waals surface area contributed by atoms with Crippen molar-refractivity contribution in [1.29, 1.82) is 0 Å². The Morgan fingerprint density at radius 3 is 2.65 bits per heavy atom. The van der Waals surface area contributed by atoms with E-state index in [-0.39, 0.29) is 12.2 Å². The molecule has 1 aromatic carbocycles. The SMILES string of the molecule is CC1(CNc2cc3c(cc2Cl)OCO3)COC1. The highest BCUT2D eigenvalue weighted by atomic mass is 35.5. The van der Waals surface area contributed by atoms with E-state index in [0.717, 1.165) is 31.2 Å². The number of anilines is 1. The van der Waals surface area contributed by atoms with E-state index >= 15 is 0 Å². The Morgan fingerprint density at radius 1 is 1.29 bits per heavy atom. The van der Waals surface area contributed by atoms with Gasteiger partial charge in [0, 0.05) is 24.1 Å². The first kappa shape index (κ1) is 11.0. The van der Waals surface area contributed by atoms with Crippen LogP contribution in [0.1, 0.15) is 6.92 Å². The molecule has 2 aliphatic heterocycles. The largest absolute Gasteiger partial charge is 0.454 e. The van der Waals surface area contributed by atoms with E-state index in [1.807, 2.05) is 6.07 Å². The van der Waals surface area contributed by atoms with Gasteiger partial charge in [0.15, 0.2) is 11.5 Å². The summed E-state index contributed by atoms with van der Waals surface area (Å²) in [6.07, 6.45) is 0. The van der Waals surface area contributed by atoms with Gasteiger partial charge in [-0.2, -0.15) is 0 Å². The Kier molecular flexibility index (Phi) is 2.56. The number of hydrogen-bond donors (Lipinski definition) is 1. The van der Waals surface area contributed by atoms with Crippen molar-refractivity contribution in [1.82, 2.24) is 0 Å². The van der Waals surface area contributed by atoms with Crippen molar-refractivity contribution < 1.29 is 14.2 Å². The molecule has 4 nitrogen and oxygen atoms in total. The van der Waals surface area contributed by atoms with Crippen molar-refractivity contribution >= 4 is 17.3 Å². The van der Waals surface area contributed by atoms with Crippen LogP contribution in [0.5, 0.6) is 11.5 Å². The number of nitrogens with one attached hydrogen (secondary N) is 1. The van der Waals surface area contributed by atoms with Crippen LogP contribution in [-0.2, 0) is 4.74 Å². The Morgan fingerprint density at radius 2 is 2.00 bits per heavy atom. The van der Waals surface area contributed by atoms with Gasteiger partial charge in [-0.1, -0.05) is 18.5 Å². The molecule has 0 amide bonds. The first-order chi connectivity index (χ1) is 8.16. The molecule has 17 heavy (non-hydrogen) atoms. The molecule has 0 spiro atoms. The quantitative estimate of drug-likeness (QED) is 0.901. The molecule has 0 bridgehead atoms. The molecule has 5 heteroatoms. The van der Waals surface area contributed by atoms with Crippen LogP contribution in [0.15, 0.2) is 12.1 Å². The van der Waals surface area contributed by atoms with E-state index in [1.165, 1.54) is 0 Å². The van der Waals surface area contributed by atoms with E-state index in [9.17, 15) is 0 Å². The zero-order valence-corrected chi connectivity index (χ0v) is 10.3. The highest BCUT2D eigenvalue weighted by Crippen LogP contribution is 2.39. The first-order valence-electron chi connectivity index (χ1n) is 5.57. The van der Waals surface area contributed by atoms with Crippen molar-refractivity contribution in [3.05, 3.63) is 17.2 Å². The Balaban J connectivity index is 1.74. The van der Waals surface area contributed by atoms with Crippen LogP contribution < -0.4 is 14.8 Å². The van der Waals surface area contributed by atoms with Crippen LogP contribution in [0, 0.1) is 5.41 Å². The second kappa shape index (κ2) is 3.96. The van der Waals surface area contributed by atoms with Gasteiger partial charge in [0.1, 0.15) is 0 Å². The zero-order valence-electron chi connectivity index (χ0n) is 9.59. The maximum atomic E-state index is 6.17. The third-order valence-electron chi connectivity index (χ3n) is 3.07. The van der Waals surface area contributed by atoms with Gasteiger partial charge >= 0.3 is 0 Å². The van der Waals surface area contributed by atoms with Gasteiger partial charge in [0.25, 0.3) is 0 Å². The molecule has 1 fully saturated rings. The Hall–Kier alpha value is -1.13. The summed E-state index contributed by atoms with van der Waals surface area (Å²) in [5.41, 5.74) is 1.09. The minimum absolute atomic E-state index is 0.208. The molecule has 1 saturated heterocycles. The summed E-state index contributed by atoms with van der Waals surface area (Å²) in [6.45, 7) is 4.88. The summed E-state index contributed by atoms with van der Waals surface area (Å²) >= 11 is 6.17. The van der Waals surface area contributed by atoms with Crippen molar-refractivity contribution in [2.45, 2.75) is 6.92 Å². The third-order valence-corrected chi connectivity index (χ3v) is 3.38. The normalized spacial score (nSPS) is 19.9.